The third-order valence-electron chi connectivity index (χ3n) is 2.66. The van der Waals surface area contributed by atoms with E-state index in [2.05, 4.69) is 44.8 Å². The van der Waals surface area contributed by atoms with Crippen LogP contribution < -0.4 is 11.1 Å². The van der Waals surface area contributed by atoms with Gasteiger partial charge in [0.25, 0.3) is 0 Å². The summed E-state index contributed by atoms with van der Waals surface area (Å²) in [5, 5.41) is 3.89. The van der Waals surface area contributed by atoms with E-state index in [0.29, 0.717) is 10.8 Å². The van der Waals surface area contributed by atoms with Gasteiger partial charge in [-0.05, 0) is 47.2 Å². The molecule has 6 heteroatoms. The number of nitrogens with one attached hydrogen (secondary N) is 1. The summed E-state index contributed by atoms with van der Waals surface area (Å²) < 4.78 is 1.09. The third kappa shape index (κ3) is 3.48. The van der Waals surface area contributed by atoms with Crippen molar-refractivity contribution in [1.82, 2.24) is 9.97 Å². The van der Waals surface area contributed by atoms with Crippen LogP contribution in [0.3, 0.4) is 0 Å². The lowest BCUT2D eigenvalue weighted by molar-refractivity contribution is 0.908. The van der Waals surface area contributed by atoms with Crippen LogP contribution in [0.25, 0.3) is 0 Å². The number of rotatable bonds is 4. The summed E-state index contributed by atoms with van der Waals surface area (Å²) in [6, 6.07) is 5.81. The van der Waals surface area contributed by atoms with Gasteiger partial charge in [-0.1, -0.05) is 24.9 Å². The van der Waals surface area contributed by atoms with Crippen LogP contribution in [-0.2, 0) is 6.42 Å². The Morgan fingerprint density at radius 3 is 2.84 bits per heavy atom. The Bertz CT molecular complexity index is 589. The van der Waals surface area contributed by atoms with Gasteiger partial charge >= 0.3 is 0 Å². The van der Waals surface area contributed by atoms with E-state index in [1.54, 1.807) is 0 Å². The zero-order valence-corrected chi connectivity index (χ0v) is 13.4. The number of hydrogen-bond donors (Lipinski definition) is 2. The van der Waals surface area contributed by atoms with Crippen LogP contribution in [0.4, 0.5) is 17.3 Å². The lowest BCUT2D eigenvalue weighted by Gasteiger charge is -2.13. The van der Waals surface area contributed by atoms with Crippen molar-refractivity contribution < 1.29 is 0 Å². The molecule has 1 aromatic heterocycles. The van der Waals surface area contributed by atoms with Gasteiger partial charge in [-0.2, -0.15) is 0 Å². The smallest absolute Gasteiger partial charge is 0.139 e. The lowest BCUT2D eigenvalue weighted by atomic mass is 10.1. The van der Waals surface area contributed by atoms with Crippen LogP contribution in [0.1, 0.15) is 18.9 Å². The Hall–Kier alpha value is -1.08. The van der Waals surface area contributed by atoms with Crippen LogP contribution in [0.5, 0.6) is 0 Å². The Labute approximate surface area is 130 Å². The molecule has 0 spiro atoms. The monoisotopic (exact) mass is 388 g/mol. The Kier molecular flexibility index (Phi) is 4.81. The number of halogens is 2. The summed E-state index contributed by atoms with van der Waals surface area (Å²) in [5.41, 5.74) is 7.65. The maximum Gasteiger partial charge on any atom is 0.139 e. The maximum absolute atomic E-state index is 6.21. The zero-order valence-electron chi connectivity index (χ0n) is 10.5. The molecule has 0 radical (unpaired) electrons. The second-order valence-electron chi connectivity index (χ2n) is 4.09. The molecule has 0 fully saturated rings. The molecule has 0 amide bonds. The van der Waals surface area contributed by atoms with Gasteiger partial charge in [0.1, 0.15) is 18.0 Å². The number of benzene rings is 1. The number of anilines is 3. The van der Waals surface area contributed by atoms with Crippen molar-refractivity contribution in [2.45, 2.75) is 19.8 Å². The highest BCUT2D eigenvalue weighted by atomic mass is 127. The van der Waals surface area contributed by atoms with Crippen molar-refractivity contribution in [2.24, 2.45) is 0 Å². The first-order valence-electron chi connectivity index (χ1n) is 5.93. The summed E-state index contributed by atoms with van der Waals surface area (Å²) in [5.74, 6) is 1.23. The minimum absolute atomic E-state index is 0.515. The summed E-state index contributed by atoms with van der Waals surface area (Å²) in [4.78, 5) is 8.28. The van der Waals surface area contributed by atoms with Gasteiger partial charge in [-0.25, -0.2) is 9.97 Å². The van der Waals surface area contributed by atoms with Crippen LogP contribution in [0.2, 0.25) is 5.02 Å². The fourth-order valence-corrected chi connectivity index (χ4v) is 2.65. The van der Waals surface area contributed by atoms with E-state index in [9.17, 15) is 0 Å². The first-order chi connectivity index (χ1) is 9.11. The van der Waals surface area contributed by atoms with Crippen LogP contribution in [0, 0.1) is 3.57 Å². The highest BCUT2D eigenvalue weighted by Crippen LogP contribution is 2.29. The SMILES string of the molecule is CCCc1c(N)ncnc1Nc1ccc(I)cc1Cl. The molecular weight excluding hydrogens is 375 g/mol. The molecule has 2 rings (SSSR count). The number of nitrogens with zero attached hydrogens (tertiary/aromatic N) is 2. The van der Waals surface area contributed by atoms with Gasteiger partial charge in [0, 0.05) is 9.13 Å². The van der Waals surface area contributed by atoms with E-state index in [4.69, 9.17) is 17.3 Å². The fraction of sp³-hybridized carbons (Fsp3) is 0.231. The number of hydrogen-bond acceptors (Lipinski definition) is 4. The van der Waals surface area contributed by atoms with Gasteiger partial charge < -0.3 is 11.1 Å². The van der Waals surface area contributed by atoms with E-state index in [-0.39, 0.29) is 0 Å². The molecule has 0 unspecified atom stereocenters. The number of nitrogen functional groups attached to an aromatic ring is 1. The molecule has 4 nitrogen and oxygen atoms in total. The molecule has 1 aromatic carbocycles. The van der Waals surface area contributed by atoms with Crippen LogP contribution in [-0.4, -0.2) is 9.97 Å². The average molecular weight is 389 g/mol. The van der Waals surface area contributed by atoms with Gasteiger partial charge in [-0.3, -0.25) is 0 Å². The van der Waals surface area contributed by atoms with Gasteiger partial charge in [0.15, 0.2) is 0 Å². The topological polar surface area (TPSA) is 63.8 Å². The standard InChI is InChI=1S/C13H14ClIN4/c1-2-3-9-12(16)17-7-18-13(9)19-11-5-4-8(15)6-10(11)14/h4-7H,2-3H2,1H3,(H3,16,17,18,19). The van der Waals surface area contributed by atoms with Crippen molar-refractivity contribution in [2.75, 3.05) is 11.1 Å². The second kappa shape index (κ2) is 6.38. The van der Waals surface area contributed by atoms with Crippen molar-refractivity contribution in [3.8, 4) is 0 Å². The Balaban J connectivity index is 2.35. The molecular formula is C13H14ClIN4. The fourth-order valence-electron chi connectivity index (χ4n) is 1.75. The summed E-state index contributed by atoms with van der Waals surface area (Å²) in [6.45, 7) is 2.09. The molecule has 0 atom stereocenters. The molecule has 0 saturated heterocycles. The Morgan fingerprint density at radius 1 is 1.37 bits per heavy atom. The van der Waals surface area contributed by atoms with E-state index >= 15 is 0 Å². The predicted molar refractivity (Wildman–Crippen MR) is 87.9 cm³/mol. The number of nitrogens with two attached hydrogens (primary N) is 1. The predicted octanol–water partition coefficient (Wildman–Crippen LogP) is 4.01. The molecule has 1 heterocycles. The lowest BCUT2D eigenvalue weighted by Crippen LogP contribution is -2.05. The summed E-state index contributed by atoms with van der Waals surface area (Å²) in [6.07, 6.45) is 3.26. The quantitative estimate of drug-likeness (QED) is 0.777. The summed E-state index contributed by atoms with van der Waals surface area (Å²) in [7, 11) is 0. The molecule has 19 heavy (non-hydrogen) atoms. The molecule has 0 bridgehead atoms. The van der Waals surface area contributed by atoms with Gasteiger partial charge in [0.05, 0.1) is 10.7 Å². The van der Waals surface area contributed by atoms with Crippen molar-refractivity contribution in [3.05, 3.63) is 38.7 Å². The molecule has 0 aliphatic carbocycles. The normalized spacial score (nSPS) is 10.5. The largest absolute Gasteiger partial charge is 0.383 e. The molecule has 3 N–H and O–H groups in total. The third-order valence-corrected chi connectivity index (χ3v) is 3.65. The van der Waals surface area contributed by atoms with Gasteiger partial charge in [-0.15, -0.1) is 0 Å². The molecule has 0 aliphatic rings. The Morgan fingerprint density at radius 2 is 2.16 bits per heavy atom. The van der Waals surface area contributed by atoms with Crippen LogP contribution >= 0.6 is 34.2 Å². The molecule has 2 aromatic rings. The van der Waals surface area contributed by atoms with E-state index < -0.39 is 0 Å². The van der Waals surface area contributed by atoms with Gasteiger partial charge in [0.2, 0.25) is 0 Å². The highest BCUT2D eigenvalue weighted by Gasteiger charge is 2.10. The minimum atomic E-state index is 0.515. The van der Waals surface area contributed by atoms with E-state index in [1.807, 2.05) is 18.2 Å². The molecule has 0 saturated carbocycles. The van der Waals surface area contributed by atoms with Crippen LogP contribution in [0.15, 0.2) is 24.5 Å². The zero-order chi connectivity index (χ0) is 13.8. The molecule has 100 valence electrons. The number of aromatic nitrogens is 2. The minimum Gasteiger partial charge on any atom is -0.383 e. The highest BCUT2D eigenvalue weighted by molar-refractivity contribution is 14.1. The van der Waals surface area contributed by atoms with Crippen molar-refractivity contribution in [3.63, 3.8) is 0 Å². The van der Waals surface area contributed by atoms with Crippen molar-refractivity contribution >= 4 is 51.5 Å². The first kappa shape index (κ1) is 14.3. The van der Waals surface area contributed by atoms with Crippen molar-refractivity contribution in [1.29, 1.82) is 0 Å². The molecule has 0 aliphatic heterocycles. The average Bonchev–Trinajstić information content (AvgIpc) is 2.37. The first-order valence-corrected chi connectivity index (χ1v) is 7.39. The van der Waals surface area contributed by atoms with E-state index in [1.165, 1.54) is 6.33 Å². The second-order valence-corrected chi connectivity index (χ2v) is 5.74. The summed E-state index contributed by atoms with van der Waals surface area (Å²) >= 11 is 8.43. The van der Waals surface area contributed by atoms with E-state index in [0.717, 1.165) is 33.5 Å². The maximum atomic E-state index is 6.21.